The molecule has 0 spiro atoms. The lowest BCUT2D eigenvalue weighted by molar-refractivity contribution is -0.138. The summed E-state index contributed by atoms with van der Waals surface area (Å²) < 4.78 is 44.1. The molecule has 0 aliphatic heterocycles. The molecule has 2 aromatic carbocycles. The van der Waals surface area contributed by atoms with Gasteiger partial charge in [-0.3, -0.25) is 9.10 Å². The summed E-state index contributed by atoms with van der Waals surface area (Å²) in [5.41, 5.74) is 0.0129. The molecule has 0 atom stereocenters. The molecule has 0 fully saturated rings. The van der Waals surface area contributed by atoms with Gasteiger partial charge in [-0.15, -0.1) is 0 Å². The Bertz CT molecular complexity index is 856. The molecule has 0 aliphatic carbocycles. The van der Waals surface area contributed by atoms with Crippen LogP contribution < -0.4 is 4.31 Å². The summed E-state index contributed by atoms with van der Waals surface area (Å²) in [6.45, 7) is -0.615. The average Bonchev–Trinajstić information content (AvgIpc) is 2.55. The first-order valence-corrected chi connectivity index (χ1v) is 8.75. The molecule has 2 aromatic rings. The maximum atomic E-state index is 13.1. The standard InChI is InChI=1S/C15H12Cl2FNO4S/c1-23-15(20)9-19(14-8-10(16)2-7-13(14)17)24(21,22)12-5-3-11(18)4-6-12/h2-8H,9H2,1H3. The summed E-state index contributed by atoms with van der Waals surface area (Å²) in [5.74, 6) is -1.38. The third kappa shape index (κ3) is 3.98. The number of anilines is 1. The van der Waals surface area contributed by atoms with Crippen LogP contribution in [0.15, 0.2) is 47.4 Å². The Morgan fingerprint density at radius 2 is 1.79 bits per heavy atom. The zero-order chi connectivity index (χ0) is 17.9. The van der Waals surface area contributed by atoms with Crippen LogP contribution in [-0.4, -0.2) is 28.0 Å². The SMILES string of the molecule is COC(=O)CN(c1cc(Cl)ccc1Cl)S(=O)(=O)c1ccc(F)cc1. The zero-order valence-corrected chi connectivity index (χ0v) is 14.7. The number of hydrogen-bond acceptors (Lipinski definition) is 4. The van der Waals surface area contributed by atoms with Crippen molar-refractivity contribution in [2.24, 2.45) is 0 Å². The lowest BCUT2D eigenvalue weighted by atomic mass is 10.3. The lowest BCUT2D eigenvalue weighted by Crippen LogP contribution is -2.36. The van der Waals surface area contributed by atoms with Crippen LogP contribution in [0.2, 0.25) is 10.0 Å². The van der Waals surface area contributed by atoms with Crippen LogP contribution in [0.5, 0.6) is 0 Å². The average molecular weight is 392 g/mol. The molecule has 0 heterocycles. The van der Waals surface area contributed by atoms with E-state index in [0.29, 0.717) is 0 Å². The summed E-state index contributed by atoms with van der Waals surface area (Å²) in [5, 5.41) is 0.313. The fourth-order valence-corrected chi connectivity index (χ4v) is 3.75. The first-order valence-electron chi connectivity index (χ1n) is 6.56. The molecule has 9 heteroatoms. The van der Waals surface area contributed by atoms with E-state index in [2.05, 4.69) is 4.74 Å². The molecular formula is C15H12Cl2FNO4S. The van der Waals surface area contributed by atoms with Crippen molar-refractivity contribution in [3.63, 3.8) is 0 Å². The Morgan fingerprint density at radius 1 is 1.17 bits per heavy atom. The second-order valence-corrected chi connectivity index (χ2v) is 7.34. The van der Waals surface area contributed by atoms with Crippen molar-refractivity contribution in [3.05, 3.63) is 58.3 Å². The molecule has 0 radical (unpaired) electrons. The number of sulfonamides is 1. The zero-order valence-electron chi connectivity index (χ0n) is 12.4. The Kier molecular flexibility index (Phi) is 5.69. The second kappa shape index (κ2) is 7.38. The summed E-state index contributed by atoms with van der Waals surface area (Å²) >= 11 is 12.0. The van der Waals surface area contributed by atoms with Crippen molar-refractivity contribution < 1.29 is 22.3 Å². The third-order valence-electron chi connectivity index (χ3n) is 3.08. The van der Waals surface area contributed by atoms with Crippen molar-refractivity contribution in [1.29, 1.82) is 0 Å². The van der Waals surface area contributed by atoms with Crippen LogP contribution in [0, 0.1) is 5.82 Å². The van der Waals surface area contributed by atoms with Crippen molar-refractivity contribution in [3.8, 4) is 0 Å². The van der Waals surface area contributed by atoms with Crippen molar-refractivity contribution >= 4 is 44.9 Å². The molecule has 0 saturated carbocycles. The van der Waals surface area contributed by atoms with Gasteiger partial charge in [-0.2, -0.15) is 0 Å². The largest absolute Gasteiger partial charge is 0.468 e. The lowest BCUT2D eigenvalue weighted by Gasteiger charge is -2.24. The number of nitrogens with zero attached hydrogens (tertiary/aromatic N) is 1. The second-order valence-electron chi connectivity index (χ2n) is 4.64. The number of rotatable bonds is 5. The number of benzene rings is 2. The van der Waals surface area contributed by atoms with Gasteiger partial charge in [0.1, 0.15) is 12.4 Å². The van der Waals surface area contributed by atoms with Gasteiger partial charge in [-0.25, -0.2) is 12.8 Å². The molecule has 24 heavy (non-hydrogen) atoms. The fraction of sp³-hybridized carbons (Fsp3) is 0.133. The van der Waals surface area contributed by atoms with Gasteiger partial charge in [-0.05, 0) is 42.5 Å². The molecule has 0 unspecified atom stereocenters. The highest BCUT2D eigenvalue weighted by atomic mass is 35.5. The van der Waals surface area contributed by atoms with E-state index in [1.54, 1.807) is 0 Å². The van der Waals surface area contributed by atoms with Crippen LogP contribution in [0.25, 0.3) is 0 Å². The third-order valence-corrected chi connectivity index (χ3v) is 5.41. The number of carbonyl (C=O) groups is 1. The predicted octanol–water partition coefficient (Wildman–Crippen LogP) is 3.50. The summed E-state index contributed by atoms with van der Waals surface area (Å²) in [6, 6.07) is 8.39. The fourth-order valence-electron chi connectivity index (χ4n) is 1.89. The van der Waals surface area contributed by atoms with Crippen LogP contribution in [-0.2, 0) is 19.6 Å². The molecule has 0 bridgehead atoms. The van der Waals surface area contributed by atoms with E-state index in [1.165, 1.54) is 18.2 Å². The smallest absolute Gasteiger partial charge is 0.326 e. The minimum Gasteiger partial charge on any atom is -0.468 e. The molecule has 0 N–H and O–H groups in total. The first kappa shape index (κ1) is 18.5. The number of methoxy groups -OCH3 is 1. The number of esters is 1. The Labute approximate surface area is 148 Å². The van der Waals surface area contributed by atoms with Gasteiger partial charge < -0.3 is 4.74 Å². The molecule has 5 nitrogen and oxygen atoms in total. The highest BCUT2D eigenvalue weighted by molar-refractivity contribution is 7.92. The summed E-state index contributed by atoms with van der Waals surface area (Å²) in [4.78, 5) is 11.5. The van der Waals surface area contributed by atoms with Gasteiger partial charge in [-0.1, -0.05) is 23.2 Å². The van der Waals surface area contributed by atoms with E-state index in [0.717, 1.165) is 35.7 Å². The van der Waals surface area contributed by atoms with E-state index in [1.807, 2.05) is 0 Å². The van der Waals surface area contributed by atoms with Gasteiger partial charge in [0, 0.05) is 5.02 Å². The molecule has 0 aliphatic rings. The molecule has 128 valence electrons. The van der Waals surface area contributed by atoms with E-state index in [4.69, 9.17) is 23.2 Å². The first-order chi connectivity index (χ1) is 11.3. The summed E-state index contributed by atoms with van der Waals surface area (Å²) in [6.07, 6.45) is 0. The molecule has 0 amide bonds. The van der Waals surface area contributed by atoms with Crippen LogP contribution in [0.4, 0.5) is 10.1 Å². The van der Waals surface area contributed by atoms with Gasteiger partial charge >= 0.3 is 5.97 Å². The van der Waals surface area contributed by atoms with Crippen molar-refractivity contribution in [2.75, 3.05) is 18.0 Å². The monoisotopic (exact) mass is 391 g/mol. The van der Waals surface area contributed by atoms with Crippen molar-refractivity contribution in [1.82, 2.24) is 0 Å². The molecule has 2 rings (SSSR count). The van der Waals surface area contributed by atoms with Gasteiger partial charge in [0.25, 0.3) is 10.0 Å². The Balaban J connectivity index is 2.59. The highest BCUT2D eigenvalue weighted by Gasteiger charge is 2.29. The quantitative estimate of drug-likeness (QED) is 0.731. The predicted molar refractivity (Wildman–Crippen MR) is 89.4 cm³/mol. The molecule has 0 aromatic heterocycles. The van der Waals surface area contributed by atoms with E-state index >= 15 is 0 Å². The minimum atomic E-state index is -4.19. The van der Waals surface area contributed by atoms with E-state index in [-0.39, 0.29) is 20.6 Å². The Hall–Kier alpha value is -1.83. The van der Waals surface area contributed by atoms with Crippen LogP contribution >= 0.6 is 23.2 Å². The van der Waals surface area contributed by atoms with Gasteiger partial charge in [0.2, 0.25) is 0 Å². The van der Waals surface area contributed by atoms with Crippen LogP contribution in [0.1, 0.15) is 0 Å². The molecule has 0 saturated heterocycles. The minimum absolute atomic E-state index is 0.0129. The number of ether oxygens (including phenoxy) is 1. The maximum Gasteiger partial charge on any atom is 0.326 e. The number of carbonyl (C=O) groups excluding carboxylic acids is 1. The maximum absolute atomic E-state index is 13.1. The van der Waals surface area contributed by atoms with Crippen LogP contribution in [0.3, 0.4) is 0 Å². The highest BCUT2D eigenvalue weighted by Crippen LogP contribution is 2.33. The van der Waals surface area contributed by atoms with Crippen molar-refractivity contribution in [2.45, 2.75) is 4.90 Å². The normalized spacial score (nSPS) is 11.2. The topological polar surface area (TPSA) is 63.7 Å². The summed E-state index contributed by atoms with van der Waals surface area (Å²) in [7, 11) is -3.06. The van der Waals surface area contributed by atoms with E-state index < -0.39 is 28.4 Å². The van der Waals surface area contributed by atoms with Gasteiger partial charge in [0.15, 0.2) is 0 Å². The number of hydrogen-bond donors (Lipinski definition) is 0. The Morgan fingerprint density at radius 3 is 2.38 bits per heavy atom. The molecular weight excluding hydrogens is 380 g/mol. The van der Waals surface area contributed by atoms with Gasteiger partial charge in [0.05, 0.1) is 22.7 Å². The number of halogens is 3. The van der Waals surface area contributed by atoms with E-state index in [9.17, 15) is 17.6 Å².